The second-order valence-electron chi connectivity index (χ2n) is 4.57. The highest BCUT2D eigenvalue weighted by molar-refractivity contribution is 7.89. The minimum absolute atomic E-state index is 0.0652. The van der Waals surface area contributed by atoms with Gasteiger partial charge in [0.1, 0.15) is 10.6 Å². The Kier molecular flexibility index (Phi) is 3.57. The number of aryl methyl sites for hydroxylation is 1. The molecular weight excluding hydrogens is 286 g/mol. The van der Waals surface area contributed by atoms with Gasteiger partial charge in [0, 0.05) is 24.3 Å². The molecule has 0 bridgehead atoms. The number of H-pyrrole nitrogens is 1. The van der Waals surface area contributed by atoms with Crippen LogP contribution in [0.4, 0.5) is 0 Å². The fourth-order valence-corrected chi connectivity index (χ4v) is 4.09. The van der Waals surface area contributed by atoms with Gasteiger partial charge < -0.3 is 15.4 Å². The number of carboxylic acids is 1. The molecule has 1 saturated heterocycles. The number of aromatic nitrogens is 1. The maximum atomic E-state index is 12.5. The number of nitrogens with zero attached hydrogens (tertiary/aromatic N) is 1. The van der Waals surface area contributed by atoms with Gasteiger partial charge in [0.15, 0.2) is 0 Å². The quantitative estimate of drug-likeness (QED) is 0.692. The largest absolute Gasteiger partial charge is 0.477 e. The molecule has 20 heavy (non-hydrogen) atoms. The fourth-order valence-electron chi connectivity index (χ4n) is 2.28. The Bertz CT molecular complexity index is 676. The number of hydrogen-bond donors (Lipinski definition) is 3. The molecule has 0 aromatic carbocycles. The van der Waals surface area contributed by atoms with E-state index in [0.717, 1.165) is 4.31 Å². The van der Waals surface area contributed by atoms with E-state index in [4.69, 9.17) is 5.11 Å². The molecule has 8 nitrogen and oxygen atoms in total. The van der Waals surface area contributed by atoms with Crippen LogP contribution in [0.5, 0.6) is 0 Å². The fraction of sp³-hybridized carbons (Fsp3) is 0.455. The monoisotopic (exact) mass is 301 g/mol. The van der Waals surface area contributed by atoms with Gasteiger partial charge in [-0.15, -0.1) is 0 Å². The molecule has 0 atom stereocenters. The minimum atomic E-state index is -3.89. The second-order valence-corrected chi connectivity index (χ2v) is 6.45. The van der Waals surface area contributed by atoms with Crippen molar-refractivity contribution in [2.24, 2.45) is 0 Å². The Morgan fingerprint density at radius 2 is 2.00 bits per heavy atom. The molecule has 2 rings (SSSR count). The molecule has 0 saturated carbocycles. The van der Waals surface area contributed by atoms with Crippen molar-refractivity contribution >= 4 is 21.9 Å². The van der Waals surface area contributed by atoms with E-state index < -0.39 is 16.0 Å². The molecule has 3 N–H and O–H groups in total. The zero-order valence-corrected chi connectivity index (χ0v) is 11.9. The lowest BCUT2D eigenvalue weighted by molar-refractivity contribution is -0.122. The minimum Gasteiger partial charge on any atom is -0.477 e. The van der Waals surface area contributed by atoms with E-state index in [9.17, 15) is 18.0 Å². The first kappa shape index (κ1) is 14.5. The van der Waals surface area contributed by atoms with Crippen molar-refractivity contribution in [3.8, 4) is 0 Å². The second kappa shape index (κ2) is 4.91. The summed E-state index contributed by atoms with van der Waals surface area (Å²) in [5.41, 5.74) is 0.259. The van der Waals surface area contributed by atoms with Gasteiger partial charge in [0.25, 0.3) is 0 Å². The number of amides is 1. The Morgan fingerprint density at radius 3 is 2.50 bits per heavy atom. The Labute approximate surface area is 115 Å². The average molecular weight is 301 g/mol. The highest BCUT2D eigenvalue weighted by Crippen LogP contribution is 2.26. The van der Waals surface area contributed by atoms with Crippen LogP contribution in [0.1, 0.15) is 21.7 Å². The average Bonchev–Trinajstić information content (AvgIpc) is 2.65. The van der Waals surface area contributed by atoms with Crippen molar-refractivity contribution < 1.29 is 23.1 Å². The number of carboxylic acid groups (broad SMARTS) is 1. The van der Waals surface area contributed by atoms with Crippen molar-refractivity contribution in [2.45, 2.75) is 18.7 Å². The van der Waals surface area contributed by atoms with Gasteiger partial charge in [-0.3, -0.25) is 4.79 Å². The molecule has 2 heterocycles. The van der Waals surface area contributed by atoms with Gasteiger partial charge in [0.05, 0.1) is 6.54 Å². The number of nitrogens with one attached hydrogen (secondary N) is 2. The third-order valence-electron chi connectivity index (χ3n) is 3.18. The van der Waals surface area contributed by atoms with Crippen LogP contribution in [0.3, 0.4) is 0 Å². The van der Waals surface area contributed by atoms with Crippen LogP contribution in [0.2, 0.25) is 0 Å². The lowest BCUT2D eigenvalue weighted by Gasteiger charge is -2.26. The third kappa shape index (κ3) is 2.29. The highest BCUT2D eigenvalue weighted by Gasteiger charge is 2.34. The standard InChI is InChI=1S/C11H15N3O5S/c1-6-9(11(16)17)13-7(2)10(6)20(18,19)14-4-3-12-8(15)5-14/h13H,3-5H2,1-2H3,(H,12,15)(H,16,17). The lowest BCUT2D eigenvalue weighted by Crippen LogP contribution is -2.50. The van der Waals surface area contributed by atoms with Crippen molar-refractivity contribution in [3.63, 3.8) is 0 Å². The summed E-state index contributed by atoms with van der Waals surface area (Å²) in [6.07, 6.45) is 0. The van der Waals surface area contributed by atoms with Gasteiger partial charge in [-0.2, -0.15) is 4.31 Å². The Balaban J connectivity index is 2.49. The summed E-state index contributed by atoms with van der Waals surface area (Å²) < 4.78 is 26.1. The zero-order valence-electron chi connectivity index (χ0n) is 11.1. The molecule has 110 valence electrons. The topological polar surface area (TPSA) is 120 Å². The number of rotatable bonds is 3. The first-order valence-electron chi connectivity index (χ1n) is 5.94. The molecule has 0 unspecified atom stereocenters. The maximum absolute atomic E-state index is 12.5. The molecule has 0 spiro atoms. The van der Waals surface area contributed by atoms with Crippen LogP contribution < -0.4 is 5.32 Å². The third-order valence-corrected chi connectivity index (χ3v) is 5.30. The van der Waals surface area contributed by atoms with Crippen molar-refractivity contribution in [1.29, 1.82) is 0 Å². The van der Waals surface area contributed by atoms with Crippen molar-refractivity contribution in [2.75, 3.05) is 19.6 Å². The van der Waals surface area contributed by atoms with E-state index in [-0.39, 0.29) is 47.4 Å². The Morgan fingerprint density at radius 1 is 1.35 bits per heavy atom. The highest BCUT2D eigenvalue weighted by atomic mass is 32.2. The summed E-state index contributed by atoms with van der Waals surface area (Å²) in [4.78, 5) is 24.9. The molecule has 1 aliphatic heterocycles. The van der Waals surface area contributed by atoms with Crippen LogP contribution >= 0.6 is 0 Å². The van der Waals surface area contributed by atoms with Crippen LogP contribution in [-0.4, -0.2) is 54.3 Å². The number of hydrogen-bond acceptors (Lipinski definition) is 4. The summed E-state index contributed by atoms with van der Waals surface area (Å²) in [6.45, 7) is 3.09. The normalized spacial score (nSPS) is 17.0. The van der Waals surface area contributed by atoms with Crippen molar-refractivity contribution in [1.82, 2.24) is 14.6 Å². The molecule has 1 amide bonds. The predicted molar refractivity (Wildman–Crippen MR) is 69.0 cm³/mol. The van der Waals surface area contributed by atoms with Gasteiger partial charge in [-0.1, -0.05) is 0 Å². The predicted octanol–water partition coefficient (Wildman–Crippen LogP) is -0.550. The number of aromatic carboxylic acids is 1. The summed E-state index contributed by atoms with van der Waals surface area (Å²) >= 11 is 0. The van der Waals surface area contributed by atoms with Gasteiger partial charge in [-0.25, -0.2) is 13.2 Å². The van der Waals surface area contributed by atoms with E-state index in [1.165, 1.54) is 13.8 Å². The summed E-state index contributed by atoms with van der Waals surface area (Å²) in [7, 11) is -3.89. The van der Waals surface area contributed by atoms with Gasteiger partial charge in [-0.05, 0) is 13.8 Å². The Hall–Kier alpha value is -1.87. The maximum Gasteiger partial charge on any atom is 0.352 e. The first-order valence-corrected chi connectivity index (χ1v) is 7.38. The molecule has 0 aliphatic carbocycles. The summed E-state index contributed by atoms with van der Waals surface area (Å²) in [5, 5.41) is 11.6. The van der Waals surface area contributed by atoms with E-state index in [2.05, 4.69) is 10.3 Å². The number of carbonyl (C=O) groups is 2. The number of aromatic amines is 1. The van der Waals surface area contributed by atoms with Crippen LogP contribution in [0.25, 0.3) is 0 Å². The van der Waals surface area contributed by atoms with Crippen LogP contribution in [0, 0.1) is 13.8 Å². The SMILES string of the molecule is Cc1[nH]c(C(=O)O)c(C)c1S(=O)(=O)N1CCNC(=O)C1. The molecule has 1 aromatic heterocycles. The van der Waals surface area contributed by atoms with E-state index >= 15 is 0 Å². The zero-order chi connectivity index (χ0) is 15.1. The first-order chi connectivity index (χ1) is 9.25. The van der Waals surface area contributed by atoms with E-state index in [0.29, 0.717) is 0 Å². The molecular formula is C11H15N3O5S. The van der Waals surface area contributed by atoms with Gasteiger partial charge in [0.2, 0.25) is 15.9 Å². The van der Waals surface area contributed by atoms with Gasteiger partial charge >= 0.3 is 5.97 Å². The molecule has 9 heteroatoms. The molecule has 1 aromatic rings. The smallest absolute Gasteiger partial charge is 0.352 e. The number of piperazine rings is 1. The number of carbonyl (C=O) groups excluding carboxylic acids is 1. The van der Waals surface area contributed by atoms with Crippen LogP contribution in [-0.2, 0) is 14.8 Å². The molecule has 1 aliphatic rings. The van der Waals surface area contributed by atoms with Crippen molar-refractivity contribution in [3.05, 3.63) is 17.0 Å². The molecule has 0 radical (unpaired) electrons. The molecule has 1 fully saturated rings. The number of sulfonamides is 1. The lowest BCUT2D eigenvalue weighted by atomic mass is 10.2. The van der Waals surface area contributed by atoms with E-state index in [1.54, 1.807) is 0 Å². The summed E-state index contributed by atoms with van der Waals surface area (Å²) in [6, 6.07) is 0. The van der Waals surface area contributed by atoms with E-state index in [1.807, 2.05) is 0 Å². The summed E-state index contributed by atoms with van der Waals surface area (Å²) in [5.74, 6) is -1.59. The van der Waals surface area contributed by atoms with Crippen LogP contribution in [0.15, 0.2) is 4.90 Å².